The molecule has 0 saturated heterocycles. The van der Waals surface area contributed by atoms with Gasteiger partial charge in [-0.05, 0) is 12.0 Å². The highest BCUT2D eigenvalue weighted by molar-refractivity contribution is 5.13. The first kappa shape index (κ1) is 9.18. The number of aryl methyl sites for hydroxylation is 1. The lowest BCUT2D eigenvalue weighted by molar-refractivity contribution is -0.325. The van der Waals surface area contributed by atoms with Crippen molar-refractivity contribution < 1.29 is 5.73 Å². The maximum Gasteiger partial charge on any atom is 0.0634 e. The molecule has 0 radical (unpaired) electrons. The van der Waals surface area contributed by atoms with Crippen molar-refractivity contribution in [2.75, 3.05) is 7.05 Å². The summed E-state index contributed by atoms with van der Waals surface area (Å²) in [4.78, 5) is 0. The van der Waals surface area contributed by atoms with Crippen molar-refractivity contribution >= 4 is 0 Å². The van der Waals surface area contributed by atoms with Gasteiger partial charge in [0.2, 0.25) is 0 Å². The maximum absolute atomic E-state index is 3.25. The second-order valence-corrected chi connectivity index (χ2v) is 1.84. The topological polar surface area (TPSA) is 27.6 Å². The molecule has 1 aromatic carbocycles. The number of benzene rings is 1. The lowest BCUT2D eigenvalue weighted by Crippen LogP contribution is -2.40. The molecule has 0 aromatic heterocycles. The molecule has 3 N–H and O–H groups in total. The van der Waals surface area contributed by atoms with Crippen molar-refractivity contribution in [3.63, 3.8) is 0 Å². The van der Waals surface area contributed by atoms with Crippen LogP contribution in [0.25, 0.3) is 0 Å². The molecule has 0 spiro atoms. The third kappa shape index (κ3) is 3.25. The van der Waals surface area contributed by atoms with Gasteiger partial charge in [0.05, 0.1) is 7.05 Å². The zero-order valence-electron chi connectivity index (χ0n) is 6.80. The van der Waals surface area contributed by atoms with Crippen molar-refractivity contribution in [3.8, 4) is 0 Å². The second kappa shape index (κ2) is 6.30. The van der Waals surface area contributed by atoms with E-state index < -0.39 is 0 Å². The fourth-order valence-corrected chi connectivity index (χ4v) is 0.714. The Balaban J connectivity index is 0.000000371. The summed E-state index contributed by atoms with van der Waals surface area (Å²) >= 11 is 0. The number of hydrogen-bond donors (Lipinski definition) is 1. The Bertz CT molecular complexity index is 146. The first-order valence-electron chi connectivity index (χ1n) is 3.68. The van der Waals surface area contributed by atoms with Crippen molar-refractivity contribution in [1.29, 1.82) is 0 Å². The molecule has 1 nitrogen and oxygen atoms in total. The molecule has 0 amide bonds. The van der Waals surface area contributed by atoms with E-state index in [0.29, 0.717) is 0 Å². The van der Waals surface area contributed by atoms with E-state index in [9.17, 15) is 0 Å². The predicted octanol–water partition coefficient (Wildman–Crippen LogP) is 1.11. The minimum absolute atomic E-state index is 1.14. The maximum atomic E-state index is 3.25. The Kier molecular flexibility index (Phi) is 5.79. The van der Waals surface area contributed by atoms with Gasteiger partial charge in [-0.15, -0.1) is 0 Å². The van der Waals surface area contributed by atoms with Gasteiger partial charge in [-0.2, -0.15) is 0 Å². The average molecular weight is 138 g/mol. The lowest BCUT2D eigenvalue weighted by Gasteiger charge is -1.89. The summed E-state index contributed by atoms with van der Waals surface area (Å²) in [5, 5.41) is 0. The van der Waals surface area contributed by atoms with E-state index in [-0.39, 0.29) is 0 Å². The minimum atomic E-state index is 1.14. The Labute approximate surface area is 62.9 Å². The molecule has 0 aliphatic carbocycles. The molecular formula is C9H16N+. The third-order valence-corrected chi connectivity index (χ3v) is 1.25. The Hall–Kier alpha value is -0.820. The van der Waals surface area contributed by atoms with E-state index >= 15 is 0 Å². The molecule has 0 fully saturated rings. The summed E-state index contributed by atoms with van der Waals surface area (Å²) in [6, 6.07) is 10.5. The molecule has 1 rings (SSSR count). The van der Waals surface area contributed by atoms with Gasteiger partial charge in [0.15, 0.2) is 0 Å². The highest BCUT2D eigenvalue weighted by atomic mass is 14.4. The summed E-state index contributed by atoms with van der Waals surface area (Å²) in [6.07, 6.45) is 1.14. The minimum Gasteiger partial charge on any atom is -0.360 e. The van der Waals surface area contributed by atoms with Gasteiger partial charge in [0.1, 0.15) is 0 Å². The Morgan fingerprint density at radius 3 is 1.90 bits per heavy atom. The van der Waals surface area contributed by atoms with Gasteiger partial charge in [-0.25, -0.2) is 0 Å². The monoisotopic (exact) mass is 138 g/mol. The molecule has 1 aromatic rings. The first-order chi connectivity index (χ1) is 4.93. The molecule has 0 unspecified atom stereocenters. The van der Waals surface area contributed by atoms with E-state index in [4.69, 9.17) is 0 Å². The summed E-state index contributed by atoms with van der Waals surface area (Å²) < 4.78 is 0. The van der Waals surface area contributed by atoms with Crippen LogP contribution in [0.2, 0.25) is 0 Å². The largest absolute Gasteiger partial charge is 0.360 e. The fraction of sp³-hybridized carbons (Fsp3) is 0.333. The smallest absolute Gasteiger partial charge is 0.0634 e. The SMILES string of the molecule is CCc1ccccc1.C[NH3+]. The van der Waals surface area contributed by atoms with E-state index in [0.717, 1.165) is 6.42 Å². The fourth-order valence-electron chi connectivity index (χ4n) is 0.714. The average Bonchev–Trinajstić information content (AvgIpc) is 2.10. The standard InChI is InChI=1S/C8H10.CH5N/c1-2-8-6-4-3-5-7-8;1-2/h3-7H,2H2,1H3;2H2,1H3/p+1. The van der Waals surface area contributed by atoms with Gasteiger partial charge >= 0.3 is 0 Å². The Morgan fingerprint density at radius 2 is 1.60 bits per heavy atom. The number of quaternary nitrogens is 1. The van der Waals surface area contributed by atoms with E-state index in [1.54, 1.807) is 7.05 Å². The number of hydrogen-bond acceptors (Lipinski definition) is 0. The van der Waals surface area contributed by atoms with Crippen molar-refractivity contribution in [1.82, 2.24) is 0 Å². The zero-order valence-corrected chi connectivity index (χ0v) is 6.80. The molecule has 0 aliphatic rings. The van der Waals surface area contributed by atoms with Gasteiger partial charge in [0, 0.05) is 0 Å². The molecule has 10 heavy (non-hydrogen) atoms. The zero-order chi connectivity index (χ0) is 7.82. The normalized spacial score (nSPS) is 7.90. The first-order valence-corrected chi connectivity index (χ1v) is 3.68. The highest BCUT2D eigenvalue weighted by Gasteiger charge is 1.79. The van der Waals surface area contributed by atoms with Gasteiger partial charge in [-0.3, -0.25) is 0 Å². The van der Waals surface area contributed by atoms with Crippen LogP contribution < -0.4 is 5.73 Å². The Morgan fingerprint density at radius 1 is 1.10 bits per heavy atom. The molecule has 56 valence electrons. The van der Waals surface area contributed by atoms with Crippen LogP contribution in [0.5, 0.6) is 0 Å². The third-order valence-electron chi connectivity index (χ3n) is 1.25. The van der Waals surface area contributed by atoms with Gasteiger partial charge in [-0.1, -0.05) is 37.3 Å². The molecule has 0 aliphatic heterocycles. The molecule has 0 bridgehead atoms. The molecule has 1 heteroatoms. The summed E-state index contributed by atoms with van der Waals surface area (Å²) in [7, 11) is 1.75. The van der Waals surface area contributed by atoms with Crippen molar-refractivity contribution in [2.45, 2.75) is 13.3 Å². The van der Waals surface area contributed by atoms with Crippen LogP contribution in [0.4, 0.5) is 0 Å². The highest BCUT2D eigenvalue weighted by Crippen LogP contribution is 1.96. The van der Waals surface area contributed by atoms with E-state index in [2.05, 4.69) is 36.9 Å². The van der Waals surface area contributed by atoms with Crippen LogP contribution in [0.1, 0.15) is 12.5 Å². The van der Waals surface area contributed by atoms with Crippen LogP contribution in [0.15, 0.2) is 30.3 Å². The molecule has 0 saturated carbocycles. The van der Waals surface area contributed by atoms with E-state index in [1.807, 2.05) is 6.07 Å². The van der Waals surface area contributed by atoms with E-state index in [1.165, 1.54) is 5.56 Å². The lowest BCUT2D eigenvalue weighted by atomic mass is 10.2. The van der Waals surface area contributed by atoms with Crippen LogP contribution >= 0.6 is 0 Å². The molecule has 0 heterocycles. The quantitative estimate of drug-likeness (QED) is 0.602. The number of rotatable bonds is 1. The second-order valence-electron chi connectivity index (χ2n) is 1.84. The van der Waals surface area contributed by atoms with Crippen molar-refractivity contribution in [3.05, 3.63) is 35.9 Å². The van der Waals surface area contributed by atoms with Crippen molar-refractivity contribution in [2.24, 2.45) is 0 Å². The predicted molar refractivity (Wildman–Crippen MR) is 44.6 cm³/mol. The van der Waals surface area contributed by atoms with Gasteiger partial charge in [0.25, 0.3) is 0 Å². The molecular weight excluding hydrogens is 122 g/mol. The molecule has 0 atom stereocenters. The summed E-state index contributed by atoms with van der Waals surface area (Å²) in [5.41, 5.74) is 4.66. The summed E-state index contributed by atoms with van der Waals surface area (Å²) in [6.45, 7) is 2.16. The summed E-state index contributed by atoms with van der Waals surface area (Å²) in [5.74, 6) is 0. The van der Waals surface area contributed by atoms with Crippen LogP contribution in [0, 0.1) is 0 Å². The van der Waals surface area contributed by atoms with Gasteiger partial charge < -0.3 is 5.73 Å². The van der Waals surface area contributed by atoms with Crippen LogP contribution in [0.3, 0.4) is 0 Å². The van der Waals surface area contributed by atoms with Crippen LogP contribution in [-0.2, 0) is 6.42 Å². The van der Waals surface area contributed by atoms with Crippen LogP contribution in [-0.4, -0.2) is 7.05 Å².